The lowest BCUT2D eigenvalue weighted by Gasteiger charge is -2.17. The maximum atomic E-state index is 12.6. The molecule has 0 fully saturated rings. The van der Waals surface area contributed by atoms with Gasteiger partial charge in [0.1, 0.15) is 5.75 Å². The largest absolute Gasteiger partial charge is 0.495 e. The molecule has 84 valence electrons. The van der Waals surface area contributed by atoms with Gasteiger partial charge in [-0.25, -0.2) is 0 Å². The molecule has 0 heterocycles. The number of aliphatic hydroxyl groups is 1. The summed E-state index contributed by atoms with van der Waals surface area (Å²) in [6.45, 7) is 0. The Morgan fingerprint density at radius 2 is 2.07 bits per heavy atom. The number of hydrogen-bond acceptors (Lipinski definition) is 2. The highest BCUT2D eigenvalue weighted by atomic mass is 35.5. The summed E-state index contributed by atoms with van der Waals surface area (Å²) in [6, 6.07) is 3.82. The van der Waals surface area contributed by atoms with Gasteiger partial charge in [-0.1, -0.05) is 17.7 Å². The molecule has 6 heteroatoms. The molecule has 0 spiro atoms. The number of halogens is 4. The molecule has 0 aliphatic heterocycles. The first-order valence-electron chi connectivity index (χ1n) is 3.94. The molecule has 1 unspecified atom stereocenters. The van der Waals surface area contributed by atoms with Crippen molar-refractivity contribution in [2.75, 3.05) is 7.11 Å². The van der Waals surface area contributed by atoms with Gasteiger partial charge in [0.2, 0.25) is 0 Å². The van der Waals surface area contributed by atoms with Crippen molar-refractivity contribution in [1.82, 2.24) is 0 Å². The van der Waals surface area contributed by atoms with Crippen LogP contribution in [0.2, 0.25) is 5.02 Å². The highest BCUT2D eigenvalue weighted by Gasteiger charge is 2.37. The maximum Gasteiger partial charge on any atom is 0.351 e. The topological polar surface area (TPSA) is 29.5 Å². The van der Waals surface area contributed by atoms with Gasteiger partial charge in [-0.2, -0.15) is 8.78 Å². The van der Waals surface area contributed by atoms with Crippen molar-refractivity contribution in [2.45, 2.75) is 11.5 Å². The number of rotatable bonds is 3. The normalized spacial score (nSPS) is 13.7. The van der Waals surface area contributed by atoms with Gasteiger partial charge in [-0.05, 0) is 29.3 Å². The van der Waals surface area contributed by atoms with Crippen LogP contribution in [0.4, 0.5) is 8.78 Å². The number of hydrogen-bond donors (Lipinski definition) is 1. The van der Waals surface area contributed by atoms with Crippen LogP contribution >= 0.6 is 23.2 Å². The molecular weight excluding hydrogens is 249 g/mol. The summed E-state index contributed by atoms with van der Waals surface area (Å²) < 4.78 is 30.0. The summed E-state index contributed by atoms with van der Waals surface area (Å²) in [4.78, 5) is 0. The van der Waals surface area contributed by atoms with E-state index in [-0.39, 0.29) is 16.3 Å². The number of methoxy groups -OCH3 is 1. The van der Waals surface area contributed by atoms with Crippen molar-refractivity contribution in [3.63, 3.8) is 0 Å². The van der Waals surface area contributed by atoms with Crippen LogP contribution in [0.1, 0.15) is 11.7 Å². The van der Waals surface area contributed by atoms with Crippen LogP contribution in [0.3, 0.4) is 0 Å². The Kier molecular flexibility index (Phi) is 3.76. The van der Waals surface area contributed by atoms with E-state index in [2.05, 4.69) is 0 Å². The van der Waals surface area contributed by atoms with Crippen molar-refractivity contribution < 1.29 is 18.6 Å². The average Bonchev–Trinajstić information content (AvgIpc) is 2.16. The molecule has 1 N–H and O–H groups in total. The summed E-state index contributed by atoms with van der Waals surface area (Å²) in [5.41, 5.74) is -0.0590. The minimum Gasteiger partial charge on any atom is -0.495 e. The molecule has 0 bridgehead atoms. The molecule has 0 aliphatic rings. The lowest BCUT2D eigenvalue weighted by molar-refractivity contribution is -0.0425. The van der Waals surface area contributed by atoms with Crippen LogP contribution in [0.25, 0.3) is 0 Å². The van der Waals surface area contributed by atoms with E-state index in [4.69, 9.17) is 27.9 Å². The van der Waals surface area contributed by atoms with Crippen molar-refractivity contribution in [1.29, 1.82) is 0 Å². The first kappa shape index (κ1) is 12.5. The lowest BCUT2D eigenvalue weighted by atomic mass is 10.1. The quantitative estimate of drug-likeness (QED) is 0.842. The van der Waals surface area contributed by atoms with E-state index in [9.17, 15) is 13.9 Å². The highest BCUT2D eigenvalue weighted by molar-refractivity contribution is 6.32. The standard InChI is InChI=1S/C9H8Cl2F2O2/c1-15-7-4-5(2-3-6(7)10)8(14)9(11,12)13/h2-4,8,14H,1H3. The zero-order valence-corrected chi connectivity index (χ0v) is 9.19. The third kappa shape index (κ3) is 2.93. The second-order valence-electron chi connectivity index (χ2n) is 2.84. The summed E-state index contributed by atoms with van der Waals surface area (Å²) in [6.07, 6.45) is -2.09. The maximum absolute atomic E-state index is 12.6. The second kappa shape index (κ2) is 4.51. The van der Waals surface area contributed by atoms with E-state index in [1.807, 2.05) is 0 Å². The van der Waals surface area contributed by atoms with Crippen molar-refractivity contribution in [3.8, 4) is 5.75 Å². The van der Waals surface area contributed by atoms with Gasteiger partial charge in [0.05, 0.1) is 12.1 Å². The predicted molar refractivity (Wildman–Crippen MR) is 53.8 cm³/mol. The molecule has 1 aromatic carbocycles. The Morgan fingerprint density at radius 3 is 2.53 bits per heavy atom. The monoisotopic (exact) mass is 256 g/mol. The Bertz CT molecular complexity index is 352. The van der Waals surface area contributed by atoms with Gasteiger partial charge in [-0.3, -0.25) is 0 Å². The van der Waals surface area contributed by atoms with Crippen LogP contribution in [0.5, 0.6) is 5.75 Å². The predicted octanol–water partition coefficient (Wildman–Crippen LogP) is 3.21. The van der Waals surface area contributed by atoms with Crippen molar-refractivity contribution >= 4 is 23.2 Å². The van der Waals surface area contributed by atoms with Gasteiger partial charge in [-0.15, -0.1) is 0 Å². The SMILES string of the molecule is COc1cc(C(O)C(F)(F)Cl)ccc1Cl. The van der Waals surface area contributed by atoms with Crippen LogP contribution in [-0.2, 0) is 0 Å². The van der Waals surface area contributed by atoms with Crippen molar-refractivity contribution in [2.24, 2.45) is 0 Å². The Balaban J connectivity index is 3.06. The fourth-order valence-electron chi connectivity index (χ4n) is 1.04. The molecule has 15 heavy (non-hydrogen) atoms. The third-order valence-corrected chi connectivity index (χ3v) is 2.32. The van der Waals surface area contributed by atoms with E-state index in [0.717, 1.165) is 0 Å². The number of ether oxygens (including phenoxy) is 1. The third-order valence-electron chi connectivity index (χ3n) is 1.80. The van der Waals surface area contributed by atoms with Crippen LogP contribution in [0.15, 0.2) is 18.2 Å². The molecule has 0 saturated heterocycles. The van der Waals surface area contributed by atoms with Gasteiger partial charge in [0, 0.05) is 0 Å². The first-order chi connectivity index (χ1) is 6.86. The summed E-state index contributed by atoms with van der Waals surface area (Å²) in [5.74, 6) is 0.203. The molecule has 0 saturated carbocycles. The van der Waals surface area contributed by atoms with E-state index in [0.29, 0.717) is 0 Å². The fraction of sp³-hybridized carbons (Fsp3) is 0.333. The van der Waals surface area contributed by atoms with Gasteiger partial charge >= 0.3 is 5.38 Å². The second-order valence-corrected chi connectivity index (χ2v) is 3.75. The zero-order valence-electron chi connectivity index (χ0n) is 7.68. The Hall–Kier alpha value is -0.580. The van der Waals surface area contributed by atoms with E-state index >= 15 is 0 Å². The smallest absolute Gasteiger partial charge is 0.351 e. The van der Waals surface area contributed by atoms with Gasteiger partial charge in [0.25, 0.3) is 0 Å². The fourth-order valence-corrected chi connectivity index (χ4v) is 1.36. The van der Waals surface area contributed by atoms with Gasteiger partial charge < -0.3 is 9.84 Å². The van der Waals surface area contributed by atoms with Crippen LogP contribution in [-0.4, -0.2) is 17.6 Å². The molecular formula is C9H8Cl2F2O2. The number of aliphatic hydroxyl groups excluding tert-OH is 1. The number of benzene rings is 1. The summed E-state index contributed by atoms with van der Waals surface area (Å²) in [5, 5.41) is 5.73. The van der Waals surface area contributed by atoms with Crippen LogP contribution < -0.4 is 4.74 Å². The molecule has 0 aromatic heterocycles. The minimum atomic E-state index is -3.72. The minimum absolute atomic E-state index is 0.0590. The molecule has 1 aromatic rings. The van der Waals surface area contributed by atoms with Crippen LogP contribution in [0, 0.1) is 0 Å². The van der Waals surface area contributed by atoms with Crippen molar-refractivity contribution in [3.05, 3.63) is 28.8 Å². The molecule has 2 nitrogen and oxygen atoms in total. The lowest BCUT2D eigenvalue weighted by Crippen LogP contribution is -2.18. The summed E-state index contributed by atoms with van der Waals surface area (Å²) >= 11 is 10.4. The average molecular weight is 257 g/mol. The molecule has 1 rings (SSSR count). The molecule has 1 atom stereocenters. The van der Waals surface area contributed by atoms with E-state index < -0.39 is 11.5 Å². The summed E-state index contributed by atoms with van der Waals surface area (Å²) in [7, 11) is 1.34. The first-order valence-corrected chi connectivity index (χ1v) is 4.70. The highest BCUT2D eigenvalue weighted by Crippen LogP contribution is 2.37. The zero-order chi connectivity index (χ0) is 11.6. The van der Waals surface area contributed by atoms with E-state index in [1.54, 1.807) is 0 Å². The van der Waals surface area contributed by atoms with Gasteiger partial charge in [0.15, 0.2) is 6.10 Å². The molecule has 0 aliphatic carbocycles. The Labute approximate surface area is 95.4 Å². The Morgan fingerprint density at radius 1 is 1.47 bits per heavy atom. The van der Waals surface area contributed by atoms with E-state index in [1.165, 1.54) is 25.3 Å². The number of alkyl halides is 3. The molecule has 0 radical (unpaired) electrons. The molecule has 0 amide bonds.